The molecule has 0 aliphatic heterocycles. The molecular weight excluding hydrogens is 316 g/mol. The van der Waals surface area contributed by atoms with Gasteiger partial charge in [-0.05, 0) is 52.7 Å². The number of anilines is 1. The molecule has 0 saturated heterocycles. The van der Waals surface area contributed by atoms with Crippen molar-refractivity contribution in [3.8, 4) is 0 Å². The van der Waals surface area contributed by atoms with Crippen molar-refractivity contribution in [1.82, 2.24) is 14.5 Å². The van der Waals surface area contributed by atoms with Crippen molar-refractivity contribution in [2.75, 3.05) is 5.32 Å². The zero-order chi connectivity index (χ0) is 14.1. The largest absolute Gasteiger partial charge is 0.366 e. The summed E-state index contributed by atoms with van der Waals surface area (Å²) >= 11 is 3.38. The molecule has 2 heterocycles. The van der Waals surface area contributed by atoms with Crippen molar-refractivity contribution in [2.24, 2.45) is 7.05 Å². The molecule has 3 aromatic rings. The highest BCUT2D eigenvalue weighted by Crippen LogP contribution is 2.17. The molecule has 0 bridgehead atoms. The third-order valence-corrected chi connectivity index (χ3v) is 3.84. The first-order valence-corrected chi connectivity index (χ1v) is 7.20. The Morgan fingerprint density at radius 2 is 2.10 bits per heavy atom. The predicted molar refractivity (Wildman–Crippen MR) is 84.7 cm³/mol. The van der Waals surface area contributed by atoms with Gasteiger partial charge in [0.25, 0.3) is 0 Å². The average Bonchev–Trinajstić information content (AvgIpc) is 2.73. The zero-order valence-electron chi connectivity index (χ0n) is 11.4. The van der Waals surface area contributed by atoms with Gasteiger partial charge in [0.15, 0.2) is 0 Å². The molecule has 20 heavy (non-hydrogen) atoms. The highest BCUT2D eigenvalue weighted by molar-refractivity contribution is 9.10. The highest BCUT2D eigenvalue weighted by Gasteiger charge is 2.04. The second-order valence-corrected chi connectivity index (χ2v) is 5.67. The average molecular weight is 331 g/mol. The van der Waals surface area contributed by atoms with Crippen LogP contribution < -0.4 is 5.32 Å². The number of halogens is 1. The van der Waals surface area contributed by atoms with E-state index in [1.165, 1.54) is 5.56 Å². The summed E-state index contributed by atoms with van der Waals surface area (Å²) < 4.78 is 3.08. The van der Waals surface area contributed by atoms with Gasteiger partial charge in [0, 0.05) is 24.3 Å². The van der Waals surface area contributed by atoms with Crippen molar-refractivity contribution in [3.05, 3.63) is 52.4 Å². The molecule has 102 valence electrons. The minimum Gasteiger partial charge on any atom is -0.366 e. The van der Waals surface area contributed by atoms with Gasteiger partial charge in [-0.15, -0.1) is 0 Å². The number of hydrogen-bond acceptors (Lipinski definition) is 3. The molecule has 0 aliphatic rings. The number of benzene rings is 1. The molecule has 0 unspecified atom stereocenters. The van der Waals surface area contributed by atoms with Crippen molar-refractivity contribution >= 4 is 32.8 Å². The van der Waals surface area contributed by atoms with E-state index in [9.17, 15) is 0 Å². The summed E-state index contributed by atoms with van der Waals surface area (Å²) in [7, 11) is 2.04. The van der Waals surface area contributed by atoms with Gasteiger partial charge in [-0.2, -0.15) is 0 Å². The Hall–Kier alpha value is -1.88. The smallest absolute Gasteiger partial charge is 0.126 e. The van der Waals surface area contributed by atoms with Crippen molar-refractivity contribution < 1.29 is 0 Å². The minimum absolute atomic E-state index is 0.736. The molecule has 0 atom stereocenters. The number of nitrogens with zero attached hydrogens (tertiary/aromatic N) is 3. The van der Waals surface area contributed by atoms with Gasteiger partial charge >= 0.3 is 0 Å². The molecule has 0 amide bonds. The number of pyridine rings is 1. The van der Waals surface area contributed by atoms with Crippen LogP contribution in [0.15, 0.2) is 41.0 Å². The number of aromatic nitrogens is 3. The zero-order valence-corrected chi connectivity index (χ0v) is 13.0. The molecule has 0 radical (unpaired) electrons. The van der Waals surface area contributed by atoms with Gasteiger partial charge in [-0.25, -0.2) is 9.97 Å². The van der Waals surface area contributed by atoms with Crippen LogP contribution in [0.5, 0.6) is 0 Å². The summed E-state index contributed by atoms with van der Waals surface area (Å²) in [6, 6.07) is 10.3. The van der Waals surface area contributed by atoms with Gasteiger partial charge in [0.05, 0.1) is 11.0 Å². The number of imidazole rings is 1. The molecule has 0 aliphatic carbocycles. The Labute approximate surface area is 126 Å². The molecular formula is C15H15BrN4. The summed E-state index contributed by atoms with van der Waals surface area (Å²) in [5.74, 6) is 1.89. The topological polar surface area (TPSA) is 42.7 Å². The Bertz CT molecular complexity index is 746. The highest BCUT2D eigenvalue weighted by atomic mass is 79.9. The molecule has 1 N–H and O–H groups in total. The standard InChI is InChI=1S/C15H15BrN4/c1-10-19-13-7-11(3-5-14(13)20(10)2)8-17-15-6-4-12(16)9-18-15/h3-7,9H,8H2,1-2H3,(H,17,18). The molecule has 1 aromatic carbocycles. The normalized spacial score (nSPS) is 10.9. The van der Waals surface area contributed by atoms with Crippen LogP contribution >= 0.6 is 15.9 Å². The fraction of sp³-hybridized carbons (Fsp3) is 0.200. The number of hydrogen-bond donors (Lipinski definition) is 1. The third-order valence-electron chi connectivity index (χ3n) is 3.37. The molecule has 0 fully saturated rings. The predicted octanol–water partition coefficient (Wildman–Crippen LogP) is 3.65. The van der Waals surface area contributed by atoms with Crippen LogP contribution in [0.1, 0.15) is 11.4 Å². The summed E-state index contributed by atoms with van der Waals surface area (Å²) in [6.45, 7) is 2.75. The molecule has 0 spiro atoms. The first kappa shape index (κ1) is 13.1. The molecule has 2 aromatic heterocycles. The van der Waals surface area contributed by atoms with Crippen molar-refractivity contribution in [2.45, 2.75) is 13.5 Å². The lowest BCUT2D eigenvalue weighted by atomic mass is 10.2. The summed E-state index contributed by atoms with van der Waals surface area (Å²) in [4.78, 5) is 8.85. The van der Waals surface area contributed by atoms with Crippen LogP contribution in [0.25, 0.3) is 11.0 Å². The fourth-order valence-electron chi connectivity index (χ4n) is 2.15. The Morgan fingerprint density at radius 1 is 1.25 bits per heavy atom. The number of nitrogens with one attached hydrogen (secondary N) is 1. The van der Waals surface area contributed by atoms with Crippen LogP contribution in [-0.4, -0.2) is 14.5 Å². The van der Waals surface area contributed by atoms with Gasteiger partial charge in [0.1, 0.15) is 11.6 Å². The lowest BCUT2D eigenvalue weighted by Gasteiger charge is -2.06. The van der Waals surface area contributed by atoms with E-state index in [2.05, 4.69) is 54.0 Å². The quantitative estimate of drug-likeness (QED) is 0.797. The molecule has 4 nitrogen and oxygen atoms in total. The second-order valence-electron chi connectivity index (χ2n) is 4.76. The van der Waals surface area contributed by atoms with Gasteiger partial charge in [-0.3, -0.25) is 0 Å². The van der Waals surface area contributed by atoms with Gasteiger partial charge in [0.2, 0.25) is 0 Å². The number of rotatable bonds is 3. The maximum Gasteiger partial charge on any atom is 0.126 e. The Morgan fingerprint density at radius 3 is 2.85 bits per heavy atom. The second kappa shape index (κ2) is 5.25. The van der Waals surface area contributed by atoms with E-state index in [1.807, 2.05) is 26.1 Å². The first-order valence-electron chi connectivity index (χ1n) is 6.41. The van der Waals surface area contributed by atoms with E-state index in [-0.39, 0.29) is 0 Å². The van der Waals surface area contributed by atoms with Crippen LogP contribution in [0.4, 0.5) is 5.82 Å². The number of aryl methyl sites for hydroxylation is 2. The fourth-order valence-corrected chi connectivity index (χ4v) is 2.38. The Balaban J connectivity index is 1.79. The van der Waals surface area contributed by atoms with Crippen LogP contribution in [0.3, 0.4) is 0 Å². The molecule has 0 saturated carbocycles. The van der Waals surface area contributed by atoms with Gasteiger partial charge < -0.3 is 9.88 Å². The van der Waals surface area contributed by atoms with E-state index in [0.29, 0.717) is 0 Å². The number of fused-ring (bicyclic) bond motifs is 1. The van der Waals surface area contributed by atoms with Crippen molar-refractivity contribution in [3.63, 3.8) is 0 Å². The molecule has 3 rings (SSSR count). The summed E-state index contributed by atoms with van der Waals surface area (Å²) in [5.41, 5.74) is 3.39. The lowest BCUT2D eigenvalue weighted by molar-refractivity contribution is 0.886. The van der Waals surface area contributed by atoms with E-state index in [1.54, 1.807) is 6.20 Å². The summed E-state index contributed by atoms with van der Waals surface area (Å²) in [6.07, 6.45) is 1.79. The van der Waals surface area contributed by atoms with Gasteiger partial charge in [-0.1, -0.05) is 6.07 Å². The first-order chi connectivity index (χ1) is 9.63. The van der Waals surface area contributed by atoms with E-state index < -0.39 is 0 Å². The SMILES string of the molecule is Cc1nc2cc(CNc3ccc(Br)cn3)ccc2n1C. The minimum atomic E-state index is 0.736. The maximum absolute atomic E-state index is 4.55. The van der Waals surface area contributed by atoms with Crippen LogP contribution in [0, 0.1) is 6.92 Å². The van der Waals surface area contributed by atoms with Crippen LogP contribution in [0.2, 0.25) is 0 Å². The van der Waals surface area contributed by atoms with Crippen LogP contribution in [-0.2, 0) is 13.6 Å². The van der Waals surface area contributed by atoms with E-state index in [4.69, 9.17) is 0 Å². The maximum atomic E-state index is 4.55. The molecule has 5 heteroatoms. The van der Waals surface area contributed by atoms with E-state index >= 15 is 0 Å². The summed E-state index contributed by atoms with van der Waals surface area (Å²) in [5, 5.41) is 3.31. The third kappa shape index (κ3) is 2.54. The van der Waals surface area contributed by atoms with E-state index in [0.717, 1.165) is 33.7 Å². The van der Waals surface area contributed by atoms with Crippen molar-refractivity contribution in [1.29, 1.82) is 0 Å². The lowest BCUT2D eigenvalue weighted by Crippen LogP contribution is -2.01. The Kier molecular flexibility index (Phi) is 3.44. The monoisotopic (exact) mass is 330 g/mol.